The molecule has 0 spiro atoms. The van der Waals surface area contributed by atoms with Crippen molar-refractivity contribution < 1.29 is 32.3 Å². The van der Waals surface area contributed by atoms with Crippen LogP contribution in [0.1, 0.15) is 45.6 Å². The summed E-state index contributed by atoms with van der Waals surface area (Å²) in [5, 5.41) is 2.44. The van der Waals surface area contributed by atoms with Gasteiger partial charge in [0.2, 0.25) is 5.91 Å². The highest BCUT2D eigenvalue weighted by molar-refractivity contribution is 6.09. The van der Waals surface area contributed by atoms with Crippen LogP contribution in [0.15, 0.2) is 18.2 Å². The lowest BCUT2D eigenvalue weighted by Gasteiger charge is -2.38. The highest BCUT2D eigenvalue weighted by atomic mass is 19.4. The zero-order valence-corrected chi connectivity index (χ0v) is 20.3. The van der Waals surface area contributed by atoms with E-state index in [0.717, 1.165) is 36.3 Å². The van der Waals surface area contributed by atoms with Gasteiger partial charge in [0.15, 0.2) is 6.04 Å². The fourth-order valence-electron chi connectivity index (χ4n) is 4.41. The summed E-state index contributed by atoms with van der Waals surface area (Å²) in [5.41, 5.74) is 3.84. The van der Waals surface area contributed by atoms with Gasteiger partial charge in [-0.25, -0.2) is 0 Å². The molecule has 1 saturated heterocycles. The van der Waals surface area contributed by atoms with Crippen LogP contribution in [0, 0.1) is 11.3 Å². The van der Waals surface area contributed by atoms with Crippen molar-refractivity contribution in [1.29, 1.82) is 0 Å². The van der Waals surface area contributed by atoms with Gasteiger partial charge >= 0.3 is 6.18 Å². The lowest BCUT2D eigenvalue weighted by atomic mass is 9.84. The van der Waals surface area contributed by atoms with Crippen molar-refractivity contribution in [3.63, 3.8) is 0 Å². The topological polar surface area (TPSA) is 105 Å². The number of nitrogens with one attached hydrogen (secondary N) is 1. The van der Waals surface area contributed by atoms with Crippen LogP contribution in [0.25, 0.3) is 0 Å². The Morgan fingerprint density at radius 2 is 1.94 bits per heavy atom. The molecule has 1 aromatic rings. The summed E-state index contributed by atoms with van der Waals surface area (Å²) >= 11 is 0. The van der Waals surface area contributed by atoms with Gasteiger partial charge in [-0.3, -0.25) is 19.3 Å². The molecule has 11 heteroatoms. The smallest absolute Gasteiger partial charge is 0.370 e. The molecule has 0 bridgehead atoms. The molecule has 35 heavy (non-hydrogen) atoms. The largest absolute Gasteiger partial charge is 0.418 e. The maximum absolute atomic E-state index is 13.9. The Kier molecular flexibility index (Phi) is 8.10. The van der Waals surface area contributed by atoms with Crippen LogP contribution in [0.5, 0.6) is 0 Å². The van der Waals surface area contributed by atoms with Crippen molar-refractivity contribution in [2.45, 2.75) is 52.3 Å². The van der Waals surface area contributed by atoms with Crippen LogP contribution in [-0.2, 0) is 25.3 Å². The summed E-state index contributed by atoms with van der Waals surface area (Å²) < 4.78 is 46.6. The second-order valence-corrected chi connectivity index (χ2v) is 10.4. The Bertz CT molecular complexity index is 957. The number of carbonyl (C=O) groups excluding carboxylic acids is 3. The van der Waals surface area contributed by atoms with Crippen molar-refractivity contribution >= 4 is 29.1 Å². The van der Waals surface area contributed by atoms with Crippen LogP contribution < -0.4 is 16.0 Å². The maximum Gasteiger partial charge on any atom is 0.418 e. The number of alkyl halides is 3. The number of amides is 3. The maximum atomic E-state index is 13.9. The van der Waals surface area contributed by atoms with Gasteiger partial charge in [0, 0.05) is 25.3 Å². The van der Waals surface area contributed by atoms with E-state index in [-0.39, 0.29) is 36.5 Å². The lowest BCUT2D eigenvalue weighted by Crippen LogP contribution is -2.55. The third kappa shape index (κ3) is 6.94. The van der Waals surface area contributed by atoms with Crippen LogP contribution in [-0.4, -0.2) is 61.5 Å². The normalized spacial score (nSPS) is 18.4. The van der Waals surface area contributed by atoms with Crippen LogP contribution in [0.3, 0.4) is 0 Å². The molecular formula is C24H33F3N4O4. The number of anilines is 2. The SMILES string of the molecule is CC(C)(C)CN(CC1CCC1)[C@H](C(N)=O)C(=O)Nc1ccc(N2CCOCC2=O)c(C(F)(F)F)c1. The van der Waals surface area contributed by atoms with E-state index < -0.39 is 35.5 Å². The van der Waals surface area contributed by atoms with E-state index in [0.29, 0.717) is 19.0 Å². The van der Waals surface area contributed by atoms with Crippen molar-refractivity contribution in [1.82, 2.24) is 4.90 Å². The number of carbonyl (C=O) groups is 3. The molecule has 3 N–H and O–H groups in total. The molecule has 3 amide bonds. The summed E-state index contributed by atoms with van der Waals surface area (Å²) in [4.78, 5) is 40.4. The van der Waals surface area contributed by atoms with Crippen LogP contribution in [0.2, 0.25) is 0 Å². The van der Waals surface area contributed by atoms with E-state index in [9.17, 15) is 27.6 Å². The number of ether oxygens (including phenoxy) is 1. The molecular weight excluding hydrogens is 465 g/mol. The number of hydrogen-bond donors (Lipinski definition) is 2. The number of nitrogens with zero attached hydrogens (tertiary/aromatic N) is 2. The highest BCUT2D eigenvalue weighted by Crippen LogP contribution is 2.39. The molecule has 1 heterocycles. The monoisotopic (exact) mass is 498 g/mol. The Morgan fingerprint density at radius 1 is 1.26 bits per heavy atom. The lowest BCUT2D eigenvalue weighted by molar-refractivity contribution is -0.138. The molecule has 194 valence electrons. The van der Waals surface area contributed by atoms with Gasteiger partial charge < -0.3 is 20.7 Å². The number of halogens is 3. The first-order chi connectivity index (χ1) is 16.3. The van der Waals surface area contributed by atoms with E-state index in [1.807, 2.05) is 20.8 Å². The van der Waals surface area contributed by atoms with Gasteiger partial charge in [-0.05, 0) is 42.4 Å². The third-order valence-corrected chi connectivity index (χ3v) is 6.12. The minimum atomic E-state index is -4.78. The molecule has 0 aromatic heterocycles. The molecule has 2 aliphatic rings. The fourth-order valence-corrected chi connectivity index (χ4v) is 4.41. The summed E-state index contributed by atoms with van der Waals surface area (Å²) in [7, 11) is 0. The number of benzene rings is 1. The van der Waals surface area contributed by atoms with Crippen molar-refractivity contribution in [2.75, 3.05) is 43.1 Å². The predicted molar refractivity (Wildman–Crippen MR) is 125 cm³/mol. The first kappa shape index (κ1) is 26.9. The highest BCUT2D eigenvalue weighted by Gasteiger charge is 2.39. The molecule has 0 radical (unpaired) electrons. The van der Waals surface area contributed by atoms with Gasteiger partial charge in [0.25, 0.3) is 11.8 Å². The third-order valence-electron chi connectivity index (χ3n) is 6.12. The van der Waals surface area contributed by atoms with E-state index in [4.69, 9.17) is 10.5 Å². The van der Waals surface area contributed by atoms with Crippen LogP contribution in [0.4, 0.5) is 24.5 Å². The molecule has 3 rings (SSSR count). The van der Waals surface area contributed by atoms with Gasteiger partial charge in [-0.2, -0.15) is 13.2 Å². The molecule has 2 fully saturated rings. The van der Waals surface area contributed by atoms with Gasteiger partial charge in [-0.1, -0.05) is 27.2 Å². The van der Waals surface area contributed by atoms with Crippen molar-refractivity contribution in [3.05, 3.63) is 23.8 Å². The molecule has 1 saturated carbocycles. The fraction of sp³-hybridized carbons (Fsp3) is 0.625. The Morgan fingerprint density at radius 3 is 2.46 bits per heavy atom. The molecule has 1 aliphatic heterocycles. The van der Waals surface area contributed by atoms with E-state index in [2.05, 4.69) is 5.32 Å². The second-order valence-electron chi connectivity index (χ2n) is 10.4. The van der Waals surface area contributed by atoms with E-state index in [1.165, 1.54) is 6.07 Å². The summed E-state index contributed by atoms with van der Waals surface area (Å²) in [6.45, 7) is 6.63. The first-order valence-corrected chi connectivity index (χ1v) is 11.7. The standard InChI is InChI=1S/C24H33F3N4O4/c1-23(2,3)14-30(12-15-5-4-6-15)20(21(28)33)22(34)29-16-7-8-18(17(11-16)24(25,26)27)31-9-10-35-13-19(31)32/h7-8,11,15,20H,4-6,9-10,12-14H2,1-3H3,(H2,28,33)(H,29,34)/t20-/m1/s1. The van der Waals surface area contributed by atoms with Crippen molar-refractivity contribution in [3.8, 4) is 0 Å². The van der Waals surface area contributed by atoms with Gasteiger partial charge in [0.1, 0.15) is 6.61 Å². The van der Waals surface area contributed by atoms with E-state index in [1.54, 1.807) is 4.90 Å². The van der Waals surface area contributed by atoms with Crippen LogP contribution >= 0.6 is 0 Å². The number of hydrogen-bond acceptors (Lipinski definition) is 5. The minimum absolute atomic E-state index is 0.0136. The van der Waals surface area contributed by atoms with Gasteiger partial charge in [-0.15, -0.1) is 0 Å². The number of nitrogens with two attached hydrogens (primary N) is 1. The first-order valence-electron chi connectivity index (χ1n) is 11.7. The summed E-state index contributed by atoms with van der Waals surface area (Å²) in [6, 6.07) is 1.86. The Labute approximate surface area is 202 Å². The minimum Gasteiger partial charge on any atom is -0.370 e. The second kappa shape index (κ2) is 10.5. The Balaban J connectivity index is 1.87. The Hall–Kier alpha value is -2.66. The average Bonchev–Trinajstić information content (AvgIpc) is 2.69. The molecule has 0 unspecified atom stereocenters. The van der Waals surface area contributed by atoms with Crippen molar-refractivity contribution in [2.24, 2.45) is 17.1 Å². The average molecular weight is 499 g/mol. The number of primary amides is 1. The quantitative estimate of drug-likeness (QED) is 0.536. The zero-order chi connectivity index (χ0) is 26.0. The molecule has 8 nitrogen and oxygen atoms in total. The number of morpholine rings is 1. The molecule has 1 aliphatic carbocycles. The summed E-state index contributed by atoms with van der Waals surface area (Å²) in [6.07, 6.45) is -1.71. The molecule has 1 atom stereocenters. The van der Waals surface area contributed by atoms with Gasteiger partial charge in [0.05, 0.1) is 17.9 Å². The zero-order valence-electron chi connectivity index (χ0n) is 20.3. The number of rotatable bonds is 8. The molecule has 1 aromatic carbocycles. The van der Waals surface area contributed by atoms with E-state index >= 15 is 0 Å². The predicted octanol–water partition coefficient (Wildman–Crippen LogP) is 3.01. The summed E-state index contributed by atoms with van der Waals surface area (Å²) in [5.74, 6) is -1.89.